The fourth-order valence-electron chi connectivity index (χ4n) is 2.11. The summed E-state index contributed by atoms with van der Waals surface area (Å²) in [7, 11) is 0. The highest BCUT2D eigenvalue weighted by Crippen LogP contribution is 2.12. The lowest BCUT2D eigenvalue weighted by Gasteiger charge is -2.04. The molecule has 0 aliphatic rings. The molecule has 0 atom stereocenters. The van der Waals surface area contributed by atoms with Gasteiger partial charge in [0, 0.05) is 36.1 Å². The van der Waals surface area contributed by atoms with Gasteiger partial charge in [0.2, 0.25) is 5.82 Å². The van der Waals surface area contributed by atoms with Crippen LogP contribution in [0.3, 0.4) is 0 Å². The summed E-state index contributed by atoms with van der Waals surface area (Å²) in [5, 5.41) is 15.9. The number of aliphatic hydroxyl groups excluding tert-OH is 1. The van der Waals surface area contributed by atoms with Crippen molar-refractivity contribution in [2.24, 2.45) is 0 Å². The van der Waals surface area contributed by atoms with Gasteiger partial charge in [0.1, 0.15) is 12.1 Å². The minimum Gasteiger partial charge on any atom is -0.504 e. The van der Waals surface area contributed by atoms with Crippen LogP contribution in [0.1, 0.15) is 21.7 Å². The minimum absolute atomic E-state index is 0.0455. The van der Waals surface area contributed by atoms with Crippen LogP contribution in [0, 0.1) is 5.82 Å². The number of hydrogen-bond acceptors (Lipinski definition) is 4. The Morgan fingerprint density at radius 2 is 2.17 bits per heavy atom. The number of nitrogens with one attached hydrogen (secondary N) is 1. The summed E-state index contributed by atoms with van der Waals surface area (Å²) in [6.07, 6.45) is 5.62. The van der Waals surface area contributed by atoms with E-state index in [0.717, 1.165) is 6.08 Å². The predicted molar refractivity (Wildman–Crippen MR) is 81.3 cm³/mol. The van der Waals surface area contributed by atoms with Gasteiger partial charge in [-0.15, -0.1) is 0 Å². The maximum atomic E-state index is 13.6. The van der Waals surface area contributed by atoms with Gasteiger partial charge in [-0.2, -0.15) is 5.10 Å². The van der Waals surface area contributed by atoms with E-state index in [2.05, 4.69) is 15.2 Å². The van der Waals surface area contributed by atoms with E-state index >= 15 is 0 Å². The largest absolute Gasteiger partial charge is 0.504 e. The van der Waals surface area contributed by atoms with Crippen molar-refractivity contribution >= 4 is 11.5 Å². The fraction of sp³-hybridized carbons (Fsp3) is 0.0625. The molecule has 2 N–H and O–H groups in total. The monoisotopic (exact) mass is 312 g/mol. The molecule has 116 valence electrons. The summed E-state index contributed by atoms with van der Waals surface area (Å²) in [4.78, 5) is 15.8. The maximum absolute atomic E-state index is 13.6. The summed E-state index contributed by atoms with van der Waals surface area (Å²) in [6, 6.07) is 8.06. The third-order valence-electron chi connectivity index (χ3n) is 3.26. The van der Waals surface area contributed by atoms with Gasteiger partial charge in [0.05, 0.1) is 0 Å². The molecule has 0 saturated carbocycles. The van der Waals surface area contributed by atoms with Gasteiger partial charge in [0.15, 0.2) is 11.5 Å². The Hall–Kier alpha value is -3.22. The number of aromatic nitrogens is 4. The first-order valence-electron chi connectivity index (χ1n) is 6.84. The number of hydrogen-bond donors (Lipinski definition) is 2. The number of aliphatic hydroxyl groups is 1. The zero-order chi connectivity index (χ0) is 16.2. The van der Waals surface area contributed by atoms with Crippen LogP contribution < -0.4 is 0 Å². The van der Waals surface area contributed by atoms with Crippen LogP contribution >= 0.6 is 0 Å². The van der Waals surface area contributed by atoms with Gasteiger partial charge < -0.3 is 9.67 Å². The lowest BCUT2D eigenvalue weighted by atomic mass is 10.2. The number of allylic oxidation sites excluding steroid dienone is 1. The van der Waals surface area contributed by atoms with E-state index in [1.54, 1.807) is 41.2 Å². The van der Waals surface area contributed by atoms with Crippen molar-refractivity contribution < 1.29 is 14.3 Å². The Morgan fingerprint density at radius 3 is 2.91 bits per heavy atom. The Balaban J connectivity index is 1.75. The van der Waals surface area contributed by atoms with Crippen LogP contribution in [0.2, 0.25) is 0 Å². The molecule has 3 rings (SSSR count). The van der Waals surface area contributed by atoms with Crippen molar-refractivity contribution in [1.29, 1.82) is 0 Å². The Morgan fingerprint density at radius 1 is 1.35 bits per heavy atom. The zero-order valence-electron chi connectivity index (χ0n) is 12.0. The van der Waals surface area contributed by atoms with Crippen LogP contribution in [-0.4, -0.2) is 30.6 Å². The molecule has 2 aromatic heterocycles. The summed E-state index contributed by atoms with van der Waals surface area (Å²) >= 11 is 0. The predicted octanol–water partition coefficient (Wildman–Crippen LogP) is 2.58. The van der Waals surface area contributed by atoms with Crippen molar-refractivity contribution in [3.05, 3.63) is 77.9 Å². The molecule has 0 aliphatic heterocycles. The Kier molecular flexibility index (Phi) is 4.01. The third-order valence-corrected chi connectivity index (χ3v) is 3.26. The third kappa shape index (κ3) is 3.34. The molecule has 0 amide bonds. The molecular formula is C16H13FN4O2. The number of benzene rings is 1. The fourth-order valence-corrected chi connectivity index (χ4v) is 2.11. The number of rotatable bonds is 5. The number of H-pyrrole nitrogens is 1. The van der Waals surface area contributed by atoms with E-state index in [1.807, 2.05) is 0 Å². The zero-order valence-corrected chi connectivity index (χ0v) is 12.0. The standard InChI is InChI=1S/C16H13FN4O2/c17-13-4-2-1-3-11(13)8-21-6-5-12(9-21)14(22)7-15(23)16-18-10-19-20-16/h1-7,9-10,23H,8H2,(H,18,19,20). The van der Waals surface area contributed by atoms with Crippen molar-refractivity contribution in [3.8, 4) is 0 Å². The lowest BCUT2D eigenvalue weighted by Crippen LogP contribution is -2.00. The van der Waals surface area contributed by atoms with E-state index in [1.165, 1.54) is 12.4 Å². The van der Waals surface area contributed by atoms with Crippen LogP contribution in [-0.2, 0) is 6.54 Å². The molecule has 7 heteroatoms. The molecule has 3 aromatic rings. The first-order valence-corrected chi connectivity index (χ1v) is 6.84. The quantitative estimate of drug-likeness (QED) is 0.431. The van der Waals surface area contributed by atoms with Gasteiger partial charge >= 0.3 is 0 Å². The SMILES string of the molecule is O=C(C=C(O)c1nc[nH]n1)c1ccn(Cc2ccccc2F)c1. The van der Waals surface area contributed by atoms with E-state index < -0.39 is 0 Å². The lowest BCUT2D eigenvalue weighted by molar-refractivity contribution is 0.104. The molecule has 0 unspecified atom stereocenters. The maximum Gasteiger partial charge on any atom is 0.215 e. The number of aromatic amines is 1. The number of ketones is 1. The highest BCUT2D eigenvalue weighted by Gasteiger charge is 2.10. The summed E-state index contributed by atoms with van der Waals surface area (Å²) in [5.74, 6) is -0.960. The molecule has 23 heavy (non-hydrogen) atoms. The molecule has 0 bridgehead atoms. The molecule has 6 nitrogen and oxygen atoms in total. The number of carbonyl (C=O) groups excluding carboxylic acids is 1. The van der Waals surface area contributed by atoms with E-state index in [4.69, 9.17) is 0 Å². The molecule has 2 heterocycles. The second-order valence-corrected chi connectivity index (χ2v) is 4.88. The van der Waals surface area contributed by atoms with Crippen LogP contribution in [0.5, 0.6) is 0 Å². The van der Waals surface area contributed by atoms with Gasteiger partial charge in [-0.3, -0.25) is 9.89 Å². The minimum atomic E-state index is -0.389. The topological polar surface area (TPSA) is 83.8 Å². The van der Waals surface area contributed by atoms with Gasteiger partial charge in [-0.1, -0.05) is 18.2 Å². The highest BCUT2D eigenvalue weighted by molar-refractivity contribution is 6.07. The van der Waals surface area contributed by atoms with E-state index in [9.17, 15) is 14.3 Å². The molecule has 1 aromatic carbocycles. The summed E-state index contributed by atoms with van der Waals surface area (Å²) in [6.45, 7) is 0.316. The number of nitrogens with zero attached hydrogens (tertiary/aromatic N) is 3. The molecule has 0 saturated heterocycles. The smallest absolute Gasteiger partial charge is 0.215 e. The van der Waals surface area contributed by atoms with E-state index in [-0.39, 0.29) is 23.2 Å². The normalized spacial score (nSPS) is 11.6. The van der Waals surface area contributed by atoms with Crippen LogP contribution in [0.4, 0.5) is 4.39 Å². The molecule has 0 fully saturated rings. The van der Waals surface area contributed by atoms with Crippen LogP contribution in [0.25, 0.3) is 5.76 Å². The second-order valence-electron chi connectivity index (χ2n) is 4.88. The number of halogens is 1. The first kappa shape index (κ1) is 14.7. The average molecular weight is 312 g/mol. The van der Waals surface area contributed by atoms with Gasteiger partial charge in [-0.05, 0) is 12.1 Å². The highest BCUT2D eigenvalue weighted by atomic mass is 19.1. The summed E-state index contributed by atoms with van der Waals surface area (Å²) in [5.41, 5.74) is 0.907. The average Bonchev–Trinajstić information content (AvgIpc) is 3.21. The van der Waals surface area contributed by atoms with Crippen molar-refractivity contribution in [3.63, 3.8) is 0 Å². The number of carbonyl (C=O) groups is 1. The Labute approximate surface area is 130 Å². The van der Waals surface area contributed by atoms with Crippen molar-refractivity contribution in [1.82, 2.24) is 19.7 Å². The van der Waals surface area contributed by atoms with Crippen molar-refractivity contribution in [2.45, 2.75) is 6.54 Å². The second kappa shape index (κ2) is 6.27. The van der Waals surface area contributed by atoms with Crippen LogP contribution in [0.15, 0.2) is 55.1 Å². The summed E-state index contributed by atoms with van der Waals surface area (Å²) < 4.78 is 15.3. The van der Waals surface area contributed by atoms with E-state index in [0.29, 0.717) is 17.7 Å². The van der Waals surface area contributed by atoms with Gasteiger partial charge in [0.25, 0.3) is 0 Å². The van der Waals surface area contributed by atoms with Gasteiger partial charge in [-0.25, -0.2) is 9.37 Å². The molecular weight excluding hydrogens is 299 g/mol. The Bertz CT molecular complexity index is 853. The molecule has 0 aliphatic carbocycles. The molecule has 0 radical (unpaired) electrons. The first-order chi connectivity index (χ1) is 11.1. The van der Waals surface area contributed by atoms with Crippen molar-refractivity contribution in [2.75, 3.05) is 0 Å². The molecule has 0 spiro atoms.